The van der Waals surface area contributed by atoms with Crippen molar-refractivity contribution in [1.29, 1.82) is 0 Å². The van der Waals surface area contributed by atoms with Gasteiger partial charge in [-0.1, -0.05) is 0 Å². The molecule has 0 bridgehead atoms. The first-order chi connectivity index (χ1) is 7.19. The average molecular weight is 209 g/mol. The lowest BCUT2D eigenvalue weighted by atomic mass is 10.1. The molecule has 0 spiro atoms. The topological polar surface area (TPSA) is 32.3 Å². The largest absolute Gasteiger partial charge is 0.394 e. The van der Waals surface area contributed by atoms with E-state index in [1.807, 2.05) is 13.0 Å². The van der Waals surface area contributed by atoms with E-state index in [1.54, 1.807) is 0 Å². The molecule has 2 rings (SSSR count). The van der Waals surface area contributed by atoms with Crippen molar-refractivity contribution in [3.05, 3.63) is 29.6 Å². The lowest BCUT2D eigenvalue weighted by Gasteiger charge is -2.17. The van der Waals surface area contributed by atoms with Crippen molar-refractivity contribution in [2.45, 2.75) is 25.8 Å². The Morgan fingerprint density at radius 2 is 2.20 bits per heavy atom. The normalized spacial score (nSPS) is 17.5. The van der Waals surface area contributed by atoms with Crippen LogP contribution in [0.5, 0.6) is 0 Å². The van der Waals surface area contributed by atoms with Crippen LogP contribution >= 0.6 is 0 Å². The summed E-state index contributed by atoms with van der Waals surface area (Å²) in [6, 6.07) is 4.94. The number of rotatable bonds is 4. The molecule has 3 heteroatoms. The number of hydrogen-bond donors (Lipinski definition) is 2. The van der Waals surface area contributed by atoms with Crippen LogP contribution in [-0.2, 0) is 0 Å². The molecule has 1 aromatic rings. The fraction of sp³-hybridized carbons (Fsp3) is 0.500. The molecule has 1 saturated carbocycles. The van der Waals surface area contributed by atoms with E-state index in [0.29, 0.717) is 5.92 Å². The molecule has 0 radical (unpaired) electrons. The molecular weight excluding hydrogens is 193 g/mol. The van der Waals surface area contributed by atoms with Gasteiger partial charge in [-0.15, -0.1) is 0 Å². The van der Waals surface area contributed by atoms with Crippen LogP contribution in [0.2, 0.25) is 0 Å². The van der Waals surface area contributed by atoms with Crippen LogP contribution in [0.3, 0.4) is 0 Å². The molecule has 0 aromatic heterocycles. The zero-order valence-electron chi connectivity index (χ0n) is 8.83. The van der Waals surface area contributed by atoms with Gasteiger partial charge in [0.05, 0.1) is 12.6 Å². The maximum atomic E-state index is 13.1. The molecule has 0 amide bonds. The molecule has 2 N–H and O–H groups in total. The molecule has 1 unspecified atom stereocenters. The quantitative estimate of drug-likeness (QED) is 0.797. The number of nitrogens with one attached hydrogen (secondary N) is 1. The maximum absolute atomic E-state index is 13.1. The molecule has 0 aliphatic heterocycles. The Morgan fingerprint density at radius 3 is 2.73 bits per heavy atom. The summed E-state index contributed by atoms with van der Waals surface area (Å²) in [4.78, 5) is 0. The van der Waals surface area contributed by atoms with Crippen molar-refractivity contribution >= 4 is 5.69 Å². The van der Waals surface area contributed by atoms with E-state index < -0.39 is 0 Å². The van der Waals surface area contributed by atoms with Gasteiger partial charge in [0.15, 0.2) is 0 Å². The van der Waals surface area contributed by atoms with Gasteiger partial charge in [-0.25, -0.2) is 4.39 Å². The smallest absolute Gasteiger partial charge is 0.125 e. The standard InChI is InChI=1S/C12H16FNO/c1-8-4-10(13)6-11(5-8)14-12(7-15)9-2-3-9/h4-6,9,12,14-15H,2-3,7H2,1H3. The molecular formula is C12H16FNO. The molecule has 1 atom stereocenters. The van der Waals surface area contributed by atoms with Crippen molar-refractivity contribution in [2.24, 2.45) is 5.92 Å². The van der Waals surface area contributed by atoms with E-state index in [1.165, 1.54) is 12.1 Å². The molecule has 2 nitrogen and oxygen atoms in total. The van der Waals surface area contributed by atoms with Crippen molar-refractivity contribution in [3.8, 4) is 0 Å². The first-order valence-electron chi connectivity index (χ1n) is 5.33. The summed E-state index contributed by atoms with van der Waals surface area (Å²) in [5.41, 5.74) is 1.66. The van der Waals surface area contributed by atoms with Gasteiger partial charge in [-0.3, -0.25) is 0 Å². The molecule has 15 heavy (non-hydrogen) atoms. The Bertz CT molecular complexity index is 329. The molecule has 1 fully saturated rings. The second-order valence-electron chi connectivity index (χ2n) is 4.29. The van der Waals surface area contributed by atoms with Gasteiger partial charge in [0.2, 0.25) is 0 Å². The van der Waals surface area contributed by atoms with Crippen LogP contribution in [0.1, 0.15) is 18.4 Å². The van der Waals surface area contributed by atoms with Crippen LogP contribution in [0, 0.1) is 18.7 Å². The zero-order valence-corrected chi connectivity index (χ0v) is 8.83. The Morgan fingerprint density at radius 1 is 1.47 bits per heavy atom. The van der Waals surface area contributed by atoms with E-state index in [0.717, 1.165) is 24.1 Å². The van der Waals surface area contributed by atoms with Gasteiger partial charge in [0.25, 0.3) is 0 Å². The maximum Gasteiger partial charge on any atom is 0.125 e. The summed E-state index contributed by atoms with van der Waals surface area (Å²) < 4.78 is 13.1. The van der Waals surface area contributed by atoms with E-state index in [9.17, 15) is 9.50 Å². The summed E-state index contributed by atoms with van der Waals surface area (Å²) in [5, 5.41) is 12.4. The number of halogens is 1. The van der Waals surface area contributed by atoms with Gasteiger partial charge in [-0.2, -0.15) is 0 Å². The van der Waals surface area contributed by atoms with Crippen molar-refractivity contribution < 1.29 is 9.50 Å². The molecule has 82 valence electrons. The Balaban J connectivity index is 2.08. The Kier molecular flexibility index (Phi) is 2.91. The zero-order chi connectivity index (χ0) is 10.8. The molecule has 1 aliphatic rings. The number of benzene rings is 1. The highest BCUT2D eigenvalue weighted by molar-refractivity contribution is 5.47. The number of aryl methyl sites for hydroxylation is 1. The summed E-state index contributed by atoms with van der Waals surface area (Å²) >= 11 is 0. The van der Waals surface area contributed by atoms with Crippen molar-refractivity contribution in [3.63, 3.8) is 0 Å². The monoisotopic (exact) mass is 209 g/mol. The summed E-state index contributed by atoms with van der Waals surface area (Å²) in [7, 11) is 0. The lowest BCUT2D eigenvalue weighted by Crippen LogP contribution is -2.26. The van der Waals surface area contributed by atoms with Crippen LogP contribution < -0.4 is 5.32 Å². The van der Waals surface area contributed by atoms with Gasteiger partial charge >= 0.3 is 0 Å². The number of aliphatic hydroxyl groups excluding tert-OH is 1. The third-order valence-electron chi connectivity index (χ3n) is 2.78. The van der Waals surface area contributed by atoms with Crippen LogP contribution in [0.15, 0.2) is 18.2 Å². The second-order valence-corrected chi connectivity index (χ2v) is 4.29. The summed E-state index contributed by atoms with van der Waals surface area (Å²) in [6.07, 6.45) is 2.32. The fourth-order valence-corrected chi connectivity index (χ4v) is 1.84. The minimum atomic E-state index is -0.231. The van der Waals surface area contributed by atoms with Gasteiger partial charge in [0, 0.05) is 5.69 Å². The highest BCUT2D eigenvalue weighted by atomic mass is 19.1. The van der Waals surface area contributed by atoms with Crippen LogP contribution in [-0.4, -0.2) is 17.8 Å². The van der Waals surface area contributed by atoms with Crippen LogP contribution in [0.25, 0.3) is 0 Å². The highest BCUT2D eigenvalue weighted by Gasteiger charge is 2.30. The molecule has 1 aliphatic carbocycles. The number of aliphatic hydroxyl groups is 1. The SMILES string of the molecule is Cc1cc(F)cc(NC(CO)C2CC2)c1. The van der Waals surface area contributed by atoms with Gasteiger partial charge in [-0.05, 0) is 49.4 Å². The van der Waals surface area contributed by atoms with Crippen molar-refractivity contribution in [2.75, 3.05) is 11.9 Å². The van der Waals surface area contributed by atoms with E-state index in [-0.39, 0.29) is 18.5 Å². The predicted octanol–water partition coefficient (Wildman–Crippen LogP) is 2.32. The number of hydrogen-bond acceptors (Lipinski definition) is 2. The highest BCUT2D eigenvalue weighted by Crippen LogP contribution is 2.34. The van der Waals surface area contributed by atoms with Crippen molar-refractivity contribution in [1.82, 2.24) is 0 Å². The predicted molar refractivity (Wildman–Crippen MR) is 58.4 cm³/mol. The Labute approximate surface area is 89.1 Å². The number of anilines is 1. The lowest BCUT2D eigenvalue weighted by molar-refractivity contribution is 0.263. The van der Waals surface area contributed by atoms with E-state index in [2.05, 4.69) is 5.32 Å². The van der Waals surface area contributed by atoms with Gasteiger partial charge < -0.3 is 10.4 Å². The van der Waals surface area contributed by atoms with Gasteiger partial charge in [0.1, 0.15) is 5.82 Å². The third kappa shape index (κ3) is 2.69. The third-order valence-corrected chi connectivity index (χ3v) is 2.78. The molecule has 0 saturated heterocycles. The molecule has 1 aromatic carbocycles. The molecule has 0 heterocycles. The minimum Gasteiger partial charge on any atom is -0.394 e. The summed E-state index contributed by atoms with van der Waals surface area (Å²) in [5.74, 6) is 0.323. The second kappa shape index (κ2) is 4.19. The first-order valence-corrected chi connectivity index (χ1v) is 5.33. The van der Waals surface area contributed by atoms with E-state index in [4.69, 9.17) is 0 Å². The fourth-order valence-electron chi connectivity index (χ4n) is 1.84. The van der Waals surface area contributed by atoms with Crippen LogP contribution in [0.4, 0.5) is 10.1 Å². The Hall–Kier alpha value is -1.09. The minimum absolute atomic E-state index is 0.0752. The summed E-state index contributed by atoms with van der Waals surface area (Å²) in [6.45, 7) is 1.97. The first kappa shape index (κ1) is 10.4. The average Bonchev–Trinajstić information content (AvgIpc) is 2.95. The van der Waals surface area contributed by atoms with E-state index >= 15 is 0 Å².